The number of halogens is 3. The van der Waals surface area contributed by atoms with Crippen LogP contribution in [0.3, 0.4) is 0 Å². The van der Waals surface area contributed by atoms with Crippen LogP contribution in [0.5, 0.6) is 5.75 Å². The number of nitro benzene ring substituents is 1. The standard InChI is InChI=1S/C12H10F3N3O6/c13-12(14,15)24-8-2-1-6(18(22)23)5-7(8)16-9(19)11(3-4-11)17-10(20)21/h1-2,5,17H,3-4H2,(H,16,19)(H,20,21). The zero-order chi connectivity index (χ0) is 18.1. The lowest BCUT2D eigenvalue weighted by atomic mass is 10.2. The molecule has 1 fully saturated rings. The van der Waals surface area contributed by atoms with E-state index in [1.54, 1.807) is 0 Å². The normalized spacial score (nSPS) is 15.3. The Morgan fingerprint density at radius 1 is 1.33 bits per heavy atom. The topological polar surface area (TPSA) is 131 Å². The van der Waals surface area contributed by atoms with Gasteiger partial charge in [0.2, 0.25) is 5.91 Å². The maximum atomic E-state index is 12.4. The summed E-state index contributed by atoms with van der Waals surface area (Å²) in [7, 11) is 0. The average molecular weight is 349 g/mol. The lowest BCUT2D eigenvalue weighted by Crippen LogP contribution is -2.45. The Morgan fingerprint density at radius 2 is 1.96 bits per heavy atom. The van der Waals surface area contributed by atoms with Crippen molar-refractivity contribution in [3.05, 3.63) is 28.3 Å². The van der Waals surface area contributed by atoms with Gasteiger partial charge in [0, 0.05) is 12.1 Å². The third kappa shape index (κ3) is 4.02. The molecule has 0 aliphatic heterocycles. The van der Waals surface area contributed by atoms with Crippen LogP contribution in [0.1, 0.15) is 12.8 Å². The fraction of sp³-hybridized carbons (Fsp3) is 0.333. The van der Waals surface area contributed by atoms with Gasteiger partial charge in [-0.3, -0.25) is 14.9 Å². The fourth-order valence-corrected chi connectivity index (χ4v) is 1.92. The van der Waals surface area contributed by atoms with E-state index in [9.17, 15) is 32.9 Å². The second-order valence-electron chi connectivity index (χ2n) is 4.95. The molecule has 0 unspecified atom stereocenters. The summed E-state index contributed by atoms with van der Waals surface area (Å²) in [5.74, 6) is -1.79. The van der Waals surface area contributed by atoms with Crippen LogP contribution >= 0.6 is 0 Å². The minimum atomic E-state index is -5.08. The van der Waals surface area contributed by atoms with Crippen molar-refractivity contribution in [2.45, 2.75) is 24.7 Å². The molecule has 0 bridgehead atoms. The Hall–Kier alpha value is -3.05. The molecule has 0 saturated heterocycles. The van der Waals surface area contributed by atoms with Crippen LogP contribution in [0.4, 0.5) is 29.3 Å². The first-order valence-corrected chi connectivity index (χ1v) is 6.39. The Labute approximate surface area is 131 Å². The lowest BCUT2D eigenvalue weighted by Gasteiger charge is -2.17. The third-order valence-corrected chi connectivity index (χ3v) is 3.18. The Balaban J connectivity index is 2.29. The van der Waals surface area contributed by atoms with Crippen LogP contribution in [-0.2, 0) is 4.79 Å². The second kappa shape index (κ2) is 5.86. The lowest BCUT2D eigenvalue weighted by molar-refractivity contribution is -0.384. The molecule has 24 heavy (non-hydrogen) atoms. The minimum Gasteiger partial charge on any atom is -0.465 e. The second-order valence-corrected chi connectivity index (χ2v) is 4.95. The summed E-state index contributed by atoms with van der Waals surface area (Å²) >= 11 is 0. The highest BCUT2D eigenvalue weighted by Crippen LogP contribution is 2.39. The summed E-state index contributed by atoms with van der Waals surface area (Å²) in [6.07, 6.45) is -6.26. The number of hydrogen-bond acceptors (Lipinski definition) is 5. The van der Waals surface area contributed by atoms with Crippen molar-refractivity contribution in [1.29, 1.82) is 0 Å². The number of benzene rings is 1. The van der Waals surface area contributed by atoms with Crippen molar-refractivity contribution in [3.8, 4) is 5.75 Å². The van der Waals surface area contributed by atoms with Crippen LogP contribution in [-0.4, -0.2) is 33.9 Å². The first kappa shape index (κ1) is 17.3. The van der Waals surface area contributed by atoms with E-state index < -0.39 is 45.9 Å². The number of anilines is 1. The monoisotopic (exact) mass is 349 g/mol. The van der Waals surface area contributed by atoms with Gasteiger partial charge in [-0.25, -0.2) is 4.79 Å². The quantitative estimate of drug-likeness (QED) is 0.552. The van der Waals surface area contributed by atoms with Crippen molar-refractivity contribution >= 4 is 23.4 Å². The van der Waals surface area contributed by atoms with Crippen molar-refractivity contribution in [2.24, 2.45) is 0 Å². The molecule has 130 valence electrons. The Bertz CT molecular complexity index is 702. The predicted octanol–water partition coefficient (Wildman–Crippen LogP) is 2.23. The minimum absolute atomic E-state index is 0.148. The van der Waals surface area contributed by atoms with Crippen molar-refractivity contribution < 1.29 is 37.5 Å². The number of carboxylic acid groups (broad SMARTS) is 1. The fourth-order valence-electron chi connectivity index (χ4n) is 1.92. The molecule has 1 saturated carbocycles. The first-order chi connectivity index (χ1) is 11.0. The SMILES string of the molecule is O=C(O)NC1(C(=O)Nc2cc([N+](=O)[O-])ccc2OC(F)(F)F)CC1. The zero-order valence-corrected chi connectivity index (χ0v) is 11.7. The highest BCUT2D eigenvalue weighted by molar-refractivity contribution is 6.03. The number of carbonyl (C=O) groups excluding carboxylic acids is 1. The smallest absolute Gasteiger partial charge is 0.465 e. The number of nitrogens with zero attached hydrogens (tertiary/aromatic N) is 1. The van der Waals surface area contributed by atoms with Gasteiger partial charge in [-0.05, 0) is 18.9 Å². The third-order valence-electron chi connectivity index (χ3n) is 3.18. The van der Waals surface area contributed by atoms with E-state index in [0.717, 1.165) is 6.07 Å². The number of carbonyl (C=O) groups is 2. The van der Waals surface area contributed by atoms with Crippen LogP contribution < -0.4 is 15.4 Å². The maximum absolute atomic E-state index is 12.4. The summed E-state index contributed by atoms with van der Waals surface area (Å²) in [6.45, 7) is 0. The number of non-ortho nitro benzene ring substituents is 1. The molecule has 0 aromatic heterocycles. The van der Waals surface area contributed by atoms with Gasteiger partial charge >= 0.3 is 12.5 Å². The Morgan fingerprint density at radius 3 is 2.42 bits per heavy atom. The molecule has 9 nitrogen and oxygen atoms in total. The van der Waals surface area contributed by atoms with Gasteiger partial charge in [0.05, 0.1) is 10.6 Å². The van der Waals surface area contributed by atoms with Crippen LogP contribution in [0.25, 0.3) is 0 Å². The number of amides is 2. The highest BCUT2D eigenvalue weighted by Gasteiger charge is 2.51. The molecule has 2 amide bonds. The molecule has 1 aliphatic carbocycles. The van der Waals surface area contributed by atoms with Gasteiger partial charge in [-0.2, -0.15) is 0 Å². The van der Waals surface area contributed by atoms with E-state index in [0.29, 0.717) is 12.1 Å². The van der Waals surface area contributed by atoms with Crippen LogP contribution in [0, 0.1) is 10.1 Å². The van der Waals surface area contributed by atoms with E-state index in [4.69, 9.17) is 5.11 Å². The van der Waals surface area contributed by atoms with Gasteiger partial charge in [0.1, 0.15) is 5.54 Å². The molecule has 0 atom stereocenters. The molecule has 0 heterocycles. The zero-order valence-electron chi connectivity index (χ0n) is 11.7. The molecule has 1 aliphatic rings. The molecular weight excluding hydrogens is 339 g/mol. The molecule has 0 radical (unpaired) electrons. The van der Waals surface area contributed by atoms with Gasteiger partial charge in [0.15, 0.2) is 5.75 Å². The number of ether oxygens (including phenoxy) is 1. The number of hydrogen-bond donors (Lipinski definition) is 3. The number of nitrogens with one attached hydrogen (secondary N) is 2. The van der Waals surface area contributed by atoms with E-state index in [1.807, 2.05) is 10.6 Å². The van der Waals surface area contributed by atoms with Crippen LogP contribution in [0.2, 0.25) is 0 Å². The summed E-state index contributed by atoms with van der Waals surface area (Å²) in [5.41, 5.74) is -2.63. The van der Waals surface area contributed by atoms with E-state index >= 15 is 0 Å². The Kier molecular flexibility index (Phi) is 4.23. The number of nitro groups is 1. The van der Waals surface area contributed by atoms with Gasteiger partial charge in [-0.1, -0.05) is 0 Å². The summed E-state index contributed by atoms with van der Waals surface area (Å²) in [6, 6.07) is 2.15. The van der Waals surface area contributed by atoms with Crippen LogP contribution in [0.15, 0.2) is 18.2 Å². The molecule has 3 N–H and O–H groups in total. The maximum Gasteiger partial charge on any atom is 0.573 e. The largest absolute Gasteiger partial charge is 0.573 e. The van der Waals surface area contributed by atoms with Gasteiger partial charge < -0.3 is 20.5 Å². The molecule has 1 aromatic rings. The summed E-state index contributed by atoms with van der Waals surface area (Å²) in [4.78, 5) is 32.6. The number of rotatable bonds is 5. The summed E-state index contributed by atoms with van der Waals surface area (Å²) in [5, 5.41) is 23.4. The van der Waals surface area contributed by atoms with Gasteiger partial charge in [0.25, 0.3) is 5.69 Å². The molecule has 1 aromatic carbocycles. The molecular formula is C12H10F3N3O6. The first-order valence-electron chi connectivity index (χ1n) is 6.39. The number of alkyl halides is 3. The average Bonchev–Trinajstić information content (AvgIpc) is 3.18. The molecule has 2 rings (SSSR count). The van der Waals surface area contributed by atoms with Crippen molar-refractivity contribution in [3.63, 3.8) is 0 Å². The van der Waals surface area contributed by atoms with Crippen molar-refractivity contribution in [1.82, 2.24) is 5.32 Å². The summed E-state index contributed by atoms with van der Waals surface area (Å²) < 4.78 is 40.8. The molecule has 0 spiro atoms. The van der Waals surface area contributed by atoms with Gasteiger partial charge in [-0.15, -0.1) is 13.2 Å². The molecule has 12 heteroatoms. The van der Waals surface area contributed by atoms with E-state index in [-0.39, 0.29) is 12.8 Å². The highest BCUT2D eigenvalue weighted by atomic mass is 19.4. The van der Waals surface area contributed by atoms with Crippen molar-refractivity contribution in [2.75, 3.05) is 5.32 Å². The predicted molar refractivity (Wildman–Crippen MR) is 71.5 cm³/mol. The van der Waals surface area contributed by atoms with E-state index in [2.05, 4.69) is 4.74 Å². The van der Waals surface area contributed by atoms with E-state index in [1.165, 1.54) is 0 Å².